The van der Waals surface area contributed by atoms with Crippen LogP contribution in [0, 0.1) is 0 Å². The van der Waals surface area contributed by atoms with Gasteiger partial charge in [0.1, 0.15) is 0 Å². The number of nitrogens with one attached hydrogen (secondary N) is 1. The van der Waals surface area contributed by atoms with E-state index in [1.165, 1.54) is 38.5 Å². The lowest BCUT2D eigenvalue weighted by atomic mass is 10.0. The van der Waals surface area contributed by atoms with Gasteiger partial charge in [-0.2, -0.15) is 0 Å². The third-order valence-electron chi connectivity index (χ3n) is 7.64. The Morgan fingerprint density at radius 1 is 0.909 bits per heavy atom. The lowest BCUT2D eigenvalue weighted by Crippen LogP contribution is -2.52. The zero-order chi connectivity index (χ0) is 23.3. The van der Waals surface area contributed by atoms with Crippen molar-refractivity contribution in [1.82, 2.24) is 14.5 Å². The van der Waals surface area contributed by atoms with Crippen molar-refractivity contribution in [2.75, 3.05) is 49.9 Å². The van der Waals surface area contributed by atoms with Crippen LogP contribution < -0.4 is 9.62 Å². The summed E-state index contributed by atoms with van der Waals surface area (Å²) in [6.45, 7) is 6.70. The first-order valence-corrected chi connectivity index (χ1v) is 14.5. The molecule has 0 spiro atoms. The third-order valence-corrected chi connectivity index (χ3v) is 9.09. The first-order valence-electron chi connectivity index (χ1n) is 12.8. The maximum absolute atomic E-state index is 13.5. The number of nitrogens with zero attached hydrogens (tertiary/aromatic N) is 3. The van der Waals surface area contributed by atoms with Gasteiger partial charge in [-0.25, -0.2) is 13.1 Å². The van der Waals surface area contributed by atoms with Gasteiger partial charge in [0.25, 0.3) is 5.91 Å². The van der Waals surface area contributed by atoms with E-state index in [0.29, 0.717) is 6.04 Å². The molecule has 1 N–H and O–H groups in total. The van der Waals surface area contributed by atoms with Crippen LogP contribution in [0.5, 0.6) is 0 Å². The summed E-state index contributed by atoms with van der Waals surface area (Å²) in [5.74, 6) is 0.235. The van der Waals surface area contributed by atoms with Crippen molar-refractivity contribution in [2.45, 2.75) is 70.4 Å². The van der Waals surface area contributed by atoms with E-state index in [0.717, 1.165) is 63.4 Å². The normalized spacial score (nSPS) is 22.3. The standard InChI is InChI=1S/C25H40N4O3S/c1-2-33(31,32)26-21-13-15-28(16-14-21)24-12-8-7-11-23(24)25(30)29-19-17-27(18-20-29)22-9-5-3-4-6-10-22/h7-8,11-12,21-22,26H,2-6,9-10,13-20H2,1H3. The summed E-state index contributed by atoms with van der Waals surface area (Å²) in [4.78, 5) is 20.4. The number of carbonyl (C=O) groups is 1. The number of anilines is 1. The molecule has 0 unspecified atom stereocenters. The fourth-order valence-corrected chi connectivity index (χ4v) is 6.50. The number of hydrogen-bond acceptors (Lipinski definition) is 5. The zero-order valence-electron chi connectivity index (χ0n) is 20.0. The summed E-state index contributed by atoms with van der Waals surface area (Å²) in [6, 6.07) is 8.59. The number of para-hydroxylation sites is 1. The Bertz CT molecular complexity index is 883. The first kappa shape index (κ1) is 24.5. The van der Waals surface area contributed by atoms with Crippen LogP contribution in [0.1, 0.15) is 68.6 Å². The van der Waals surface area contributed by atoms with E-state index in [4.69, 9.17) is 0 Å². The minimum absolute atomic E-state index is 0.0221. The SMILES string of the molecule is CCS(=O)(=O)NC1CCN(c2ccccc2C(=O)N2CCN(C3CCCCCC3)CC2)CC1. The van der Waals surface area contributed by atoms with Gasteiger partial charge < -0.3 is 9.80 Å². The van der Waals surface area contributed by atoms with Gasteiger partial charge in [-0.3, -0.25) is 9.69 Å². The predicted octanol–water partition coefficient (Wildman–Crippen LogP) is 3.08. The number of benzene rings is 1. The van der Waals surface area contributed by atoms with Gasteiger partial charge in [-0.05, 0) is 44.7 Å². The molecule has 2 aliphatic heterocycles. The molecular formula is C25H40N4O3S. The van der Waals surface area contributed by atoms with Crippen molar-refractivity contribution in [3.05, 3.63) is 29.8 Å². The van der Waals surface area contributed by atoms with Crippen LogP contribution in [0.4, 0.5) is 5.69 Å². The van der Waals surface area contributed by atoms with Crippen LogP contribution in [0.25, 0.3) is 0 Å². The van der Waals surface area contributed by atoms with Crippen molar-refractivity contribution in [2.24, 2.45) is 0 Å². The minimum atomic E-state index is -3.19. The summed E-state index contributed by atoms with van der Waals surface area (Å²) < 4.78 is 26.6. The molecule has 1 amide bonds. The molecule has 1 aromatic carbocycles. The van der Waals surface area contributed by atoms with Crippen LogP contribution in [0.3, 0.4) is 0 Å². The molecule has 1 saturated carbocycles. The molecule has 8 heteroatoms. The Kier molecular flexibility index (Phi) is 8.30. The molecule has 33 heavy (non-hydrogen) atoms. The molecular weight excluding hydrogens is 436 g/mol. The van der Waals surface area contributed by atoms with Gasteiger partial charge in [0, 0.05) is 57.0 Å². The Labute approximate surface area is 199 Å². The van der Waals surface area contributed by atoms with Crippen molar-refractivity contribution < 1.29 is 13.2 Å². The molecule has 7 nitrogen and oxygen atoms in total. The Hall–Kier alpha value is -1.64. The van der Waals surface area contributed by atoms with E-state index in [1.54, 1.807) is 6.92 Å². The Morgan fingerprint density at radius 2 is 1.55 bits per heavy atom. The average molecular weight is 477 g/mol. The molecule has 3 aliphatic rings. The molecule has 0 aromatic heterocycles. The van der Waals surface area contributed by atoms with Crippen molar-refractivity contribution in [3.63, 3.8) is 0 Å². The van der Waals surface area contributed by atoms with Crippen LogP contribution in [0.15, 0.2) is 24.3 Å². The highest BCUT2D eigenvalue weighted by atomic mass is 32.2. The van der Waals surface area contributed by atoms with E-state index in [1.807, 2.05) is 29.2 Å². The number of piperidine rings is 1. The molecule has 0 bridgehead atoms. The molecule has 3 fully saturated rings. The summed E-state index contributed by atoms with van der Waals surface area (Å²) in [5, 5.41) is 0. The largest absolute Gasteiger partial charge is 0.371 e. The van der Waals surface area contributed by atoms with E-state index >= 15 is 0 Å². The van der Waals surface area contributed by atoms with Gasteiger partial charge in [0.05, 0.1) is 11.3 Å². The quantitative estimate of drug-likeness (QED) is 0.639. The van der Waals surface area contributed by atoms with Gasteiger partial charge in [0.2, 0.25) is 10.0 Å². The number of amides is 1. The molecule has 2 heterocycles. The zero-order valence-corrected chi connectivity index (χ0v) is 20.9. The average Bonchev–Trinajstić information content (AvgIpc) is 3.14. The summed E-state index contributed by atoms with van der Waals surface area (Å²) in [5.41, 5.74) is 1.75. The van der Waals surface area contributed by atoms with Crippen molar-refractivity contribution in [1.29, 1.82) is 0 Å². The summed E-state index contributed by atoms with van der Waals surface area (Å²) in [7, 11) is -3.19. The second kappa shape index (κ2) is 11.2. The first-order chi connectivity index (χ1) is 16.0. The smallest absolute Gasteiger partial charge is 0.256 e. The van der Waals surface area contributed by atoms with Crippen LogP contribution in [-0.4, -0.2) is 81.2 Å². The van der Waals surface area contributed by atoms with Crippen molar-refractivity contribution in [3.8, 4) is 0 Å². The molecule has 0 radical (unpaired) electrons. The second-order valence-electron chi connectivity index (χ2n) is 9.77. The van der Waals surface area contributed by atoms with Gasteiger partial charge in [-0.1, -0.05) is 37.8 Å². The fourth-order valence-electron chi connectivity index (χ4n) is 5.59. The van der Waals surface area contributed by atoms with Gasteiger partial charge in [0.15, 0.2) is 0 Å². The molecule has 4 rings (SSSR count). The highest BCUT2D eigenvalue weighted by Gasteiger charge is 2.30. The maximum Gasteiger partial charge on any atom is 0.256 e. The van der Waals surface area contributed by atoms with Gasteiger partial charge in [-0.15, -0.1) is 0 Å². The second-order valence-corrected chi connectivity index (χ2v) is 11.8. The lowest BCUT2D eigenvalue weighted by Gasteiger charge is -2.40. The number of rotatable bonds is 6. The van der Waals surface area contributed by atoms with Crippen LogP contribution in [-0.2, 0) is 10.0 Å². The molecule has 0 atom stereocenters. The van der Waals surface area contributed by atoms with E-state index in [-0.39, 0.29) is 17.7 Å². The summed E-state index contributed by atoms with van der Waals surface area (Å²) in [6.07, 6.45) is 9.54. The van der Waals surface area contributed by atoms with E-state index in [2.05, 4.69) is 14.5 Å². The molecule has 2 saturated heterocycles. The van der Waals surface area contributed by atoms with Crippen LogP contribution >= 0.6 is 0 Å². The molecule has 1 aromatic rings. The monoisotopic (exact) mass is 476 g/mol. The minimum Gasteiger partial charge on any atom is -0.371 e. The number of hydrogen-bond donors (Lipinski definition) is 1. The summed E-state index contributed by atoms with van der Waals surface area (Å²) >= 11 is 0. The fraction of sp³-hybridized carbons (Fsp3) is 0.720. The third kappa shape index (κ3) is 6.28. The van der Waals surface area contributed by atoms with Gasteiger partial charge >= 0.3 is 0 Å². The predicted molar refractivity (Wildman–Crippen MR) is 133 cm³/mol. The highest BCUT2D eigenvalue weighted by molar-refractivity contribution is 7.89. The van der Waals surface area contributed by atoms with E-state index < -0.39 is 10.0 Å². The number of carbonyl (C=O) groups excluding carboxylic acids is 1. The number of piperazine rings is 1. The number of sulfonamides is 1. The Morgan fingerprint density at radius 3 is 2.18 bits per heavy atom. The maximum atomic E-state index is 13.5. The highest BCUT2D eigenvalue weighted by Crippen LogP contribution is 2.27. The molecule has 184 valence electrons. The molecule has 1 aliphatic carbocycles. The lowest BCUT2D eigenvalue weighted by molar-refractivity contribution is 0.0552. The topological polar surface area (TPSA) is 73.0 Å². The van der Waals surface area contributed by atoms with E-state index in [9.17, 15) is 13.2 Å². The van der Waals surface area contributed by atoms with Crippen molar-refractivity contribution >= 4 is 21.6 Å². The Balaban J connectivity index is 1.35. The van der Waals surface area contributed by atoms with Crippen LogP contribution in [0.2, 0.25) is 0 Å².